The van der Waals surface area contributed by atoms with Gasteiger partial charge in [-0.05, 0) is 41.8 Å². The highest BCUT2D eigenvalue weighted by Gasteiger charge is 2.30. The topological polar surface area (TPSA) is 61.4 Å². The van der Waals surface area contributed by atoms with Crippen LogP contribution in [0.1, 0.15) is 29.2 Å². The Morgan fingerprint density at radius 2 is 1.94 bits per heavy atom. The Morgan fingerprint density at radius 1 is 1.16 bits per heavy atom. The molecule has 0 fully saturated rings. The van der Waals surface area contributed by atoms with Gasteiger partial charge >= 0.3 is 6.18 Å². The first-order chi connectivity index (χ1) is 14.7. The van der Waals surface area contributed by atoms with Crippen LogP contribution < -0.4 is 10.6 Å². The number of nitrogens with zero attached hydrogens (tertiary/aromatic N) is 1. The van der Waals surface area contributed by atoms with Gasteiger partial charge in [-0.2, -0.15) is 13.2 Å². The van der Waals surface area contributed by atoms with Gasteiger partial charge in [0, 0.05) is 31.3 Å². The Labute approximate surface area is 178 Å². The number of hydrogen-bond acceptors (Lipinski definition) is 3. The van der Waals surface area contributed by atoms with Crippen LogP contribution in [0.2, 0.25) is 0 Å². The van der Waals surface area contributed by atoms with Gasteiger partial charge in [0.2, 0.25) is 11.8 Å². The molecule has 31 heavy (non-hydrogen) atoms. The molecule has 0 aliphatic carbocycles. The van der Waals surface area contributed by atoms with Crippen molar-refractivity contribution in [2.24, 2.45) is 0 Å². The summed E-state index contributed by atoms with van der Waals surface area (Å²) >= 11 is 0. The van der Waals surface area contributed by atoms with Gasteiger partial charge in [0.1, 0.15) is 0 Å². The number of hydrogen-bond donors (Lipinski definition) is 2. The Hall–Kier alpha value is -3.31. The standard InChI is InChI=1S/C23H22F3N3O2/c1-16(30)28-21-9-3-7-18-14-29(12-10-20(18)21)15-22(31)27-11-4-6-17-5-2-8-19(13-17)23(24,25)26/h2-3,5,7-9,13H,10-12,14-15H2,1H3,(H,27,31)(H,28,30). The fraction of sp³-hybridized carbons (Fsp3) is 0.304. The fourth-order valence-corrected chi connectivity index (χ4v) is 3.43. The molecule has 0 radical (unpaired) electrons. The Bertz CT molecular complexity index is 1040. The number of amides is 2. The number of nitrogens with one attached hydrogen (secondary N) is 2. The first-order valence-electron chi connectivity index (χ1n) is 9.76. The maximum atomic E-state index is 12.7. The summed E-state index contributed by atoms with van der Waals surface area (Å²) < 4.78 is 38.2. The van der Waals surface area contributed by atoms with Gasteiger partial charge in [-0.3, -0.25) is 14.5 Å². The molecule has 1 aliphatic rings. The summed E-state index contributed by atoms with van der Waals surface area (Å²) in [6.07, 6.45) is -3.70. The van der Waals surface area contributed by atoms with Gasteiger partial charge in [-0.1, -0.05) is 30.0 Å². The van der Waals surface area contributed by atoms with E-state index < -0.39 is 11.7 Å². The number of fused-ring (bicyclic) bond motifs is 1. The summed E-state index contributed by atoms with van der Waals surface area (Å²) in [5.74, 6) is 4.99. The maximum Gasteiger partial charge on any atom is 0.416 e. The third-order valence-electron chi connectivity index (χ3n) is 4.82. The lowest BCUT2D eigenvalue weighted by atomic mass is 9.97. The minimum atomic E-state index is -4.41. The van der Waals surface area contributed by atoms with Crippen molar-refractivity contribution < 1.29 is 22.8 Å². The molecule has 2 N–H and O–H groups in total. The van der Waals surface area contributed by atoms with E-state index in [0.29, 0.717) is 19.5 Å². The van der Waals surface area contributed by atoms with E-state index in [0.717, 1.165) is 28.9 Å². The molecule has 0 bridgehead atoms. The van der Waals surface area contributed by atoms with Crippen LogP contribution in [-0.2, 0) is 28.7 Å². The van der Waals surface area contributed by atoms with Crippen molar-refractivity contribution in [3.63, 3.8) is 0 Å². The maximum absolute atomic E-state index is 12.7. The van der Waals surface area contributed by atoms with Gasteiger partial charge in [0.25, 0.3) is 0 Å². The molecule has 0 spiro atoms. The lowest BCUT2D eigenvalue weighted by molar-refractivity contribution is -0.137. The van der Waals surface area contributed by atoms with Crippen molar-refractivity contribution in [3.8, 4) is 11.8 Å². The second-order valence-corrected chi connectivity index (χ2v) is 7.24. The molecule has 0 saturated carbocycles. The fourth-order valence-electron chi connectivity index (χ4n) is 3.43. The molecule has 2 aromatic rings. The zero-order chi connectivity index (χ0) is 22.4. The van der Waals surface area contributed by atoms with Crippen molar-refractivity contribution in [1.82, 2.24) is 10.2 Å². The molecular formula is C23H22F3N3O2. The summed E-state index contributed by atoms with van der Waals surface area (Å²) in [5, 5.41) is 5.51. The Morgan fingerprint density at radius 3 is 2.68 bits per heavy atom. The Kier molecular flexibility index (Phi) is 6.98. The average Bonchev–Trinajstić information content (AvgIpc) is 2.70. The predicted octanol–water partition coefficient (Wildman–Crippen LogP) is 3.19. The molecule has 162 valence electrons. The normalized spacial score (nSPS) is 13.5. The molecule has 5 nitrogen and oxygen atoms in total. The number of halogens is 3. The van der Waals surface area contributed by atoms with Crippen LogP contribution in [-0.4, -0.2) is 36.3 Å². The van der Waals surface area contributed by atoms with Gasteiger partial charge in [-0.15, -0.1) is 0 Å². The smallest absolute Gasteiger partial charge is 0.344 e. The van der Waals surface area contributed by atoms with E-state index in [1.165, 1.54) is 19.1 Å². The highest BCUT2D eigenvalue weighted by atomic mass is 19.4. The predicted molar refractivity (Wildman–Crippen MR) is 111 cm³/mol. The van der Waals surface area contributed by atoms with Gasteiger partial charge < -0.3 is 10.6 Å². The summed E-state index contributed by atoms with van der Waals surface area (Å²) in [4.78, 5) is 25.6. The van der Waals surface area contributed by atoms with E-state index in [1.54, 1.807) is 0 Å². The number of anilines is 1. The second kappa shape index (κ2) is 9.67. The molecule has 2 aromatic carbocycles. The second-order valence-electron chi connectivity index (χ2n) is 7.24. The van der Waals surface area contributed by atoms with Crippen molar-refractivity contribution in [2.75, 3.05) is 25.0 Å². The summed E-state index contributed by atoms with van der Waals surface area (Å²) in [7, 11) is 0. The lowest BCUT2D eigenvalue weighted by Gasteiger charge is -2.29. The zero-order valence-electron chi connectivity index (χ0n) is 17.0. The van der Waals surface area contributed by atoms with Crippen molar-refractivity contribution in [2.45, 2.75) is 26.1 Å². The summed E-state index contributed by atoms with van der Waals surface area (Å²) in [5.41, 5.74) is 2.44. The van der Waals surface area contributed by atoms with E-state index in [-0.39, 0.29) is 30.5 Å². The Balaban J connectivity index is 1.51. The summed E-state index contributed by atoms with van der Waals surface area (Å²) in [6, 6.07) is 10.5. The van der Waals surface area contributed by atoms with E-state index >= 15 is 0 Å². The molecule has 1 heterocycles. The first kappa shape index (κ1) is 22.4. The highest BCUT2D eigenvalue weighted by molar-refractivity contribution is 5.89. The van der Waals surface area contributed by atoms with Crippen LogP contribution in [0.25, 0.3) is 0 Å². The largest absolute Gasteiger partial charge is 0.416 e. The summed E-state index contributed by atoms with van der Waals surface area (Å²) in [6.45, 7) is 2.97. The molecule has 0 saturated heterocycles. The molecular weight excluding hydrogens is 407 g/mol. The minimum absolute atomic E-state index is 0.0478. The number of benzene rings is 2. The molecule has 0 aromatic heterocycles. The molecule has 0 unspecified atom stereocenters. The van der Waals surface area contributed by atoms with Gasteiger partial charge in [0.15, 0.2) is 0 Å². The van der Waals surface area contributed by atoms with Crippen molar-refractivity contribution in [1.29, 1.82) is 0 Å². The minimum Gasteiger partial charge on any atom is -0.344 e. The van der Waals surface area contributed by atoms with Gasteiger partial charge in [-0.25, -0.2) is 0 Å². The van der Waals surface area contributed by atoms with Crippen LogP contribution in [0.15, 0.2) is 42.5 Å². The molecule has 0 atom stereocenters. The first-order valence-corrected chi connectivity index (χ1v) is 9.76. The van der Waals surface area contributed by atoms with E-state index in [2.05, 4.69) is 22.5 Å². The van der Waals surface area contributed by atoms with E-state index in [4.69, 9.17) is 0 Å². The quantitative estimate of drug-likeness (QED) is 0.734. The van der Waals surface area contributed by atoms with E-state index in [1.807, 2.05) is 23.1 Å². The third-order valence-corrected chi connectivity index (χ3v) is 4.82. The van der Waals surface area contributed by atoms with Crippen LogP contribution in [0, 0.1) is 11.8 Å². The highest BCUT2D eigenvalue weighted by Crippen LogP contribution is 2.29. The number of carbonyl (C=O) groups excluding carboxylic acids is 2. The molecule has 1 aliphatic heterocycles. The molecule has 3 rings (SSSR count). The zero-order valence-corrected chi connectivity index (χ0v) is 17.0. The van der Waals surface area contributed by atoms with Crippen LogP contribution in [0.3, 0.4) is 0 Å². The SMILES string of the molecule is CC(=O)Nc1cccc2c1CCN(CC(=O)NCC#Cc1cccc(C(F)(F)F)c1)C2. The third kappa shape index (κ3) is 6.33. The average molecular weight is 429 g/mol. The lowest BCUT2D eigenvalue weighted by Crippen LogP contribution is -2.40. The number of carbonyl (C=O) groups is 2. The van der Waals surface area contributed by atoms with Crippen LogP contribution >= 0.6 is 0 Å². The van der Waals surface area contributed by atoms with Crippen LogP contribution in [0.4, 0.5) is 18.9 Å². The number of rotatable bonds is 4. The molecule has 8 heteroatoms. The van der Waals surface area contributed by atoms with Crippen molar-refractivity contribution >= 4 is 17.5 Å². The monoisotopic (exact) mass is 429 g/mol. The van der Waals surface area contributed by atoms with Gasteiger partial charge in [0.05, 0.1) is 18.7 Å². The van der Waals surface area contributed by atoms with Crippen LogP contribution in [0.5, 0.6) is 0 Å². The van der Waals surface area contributed by atoms with Crippen molar-refractivity contribution in [3.05, 3.63) is 64.7 Å². The number of alkyl halides is 3. The van der Waals surface area contributed by atoms with E-state index in [9.17, 15) is 22.8 Å². The molecule has 2 amide bonds.